The molecule has 0 aliphatic carbocycles. The highest BCUT2D eigenvalue weighted by Gasteiger charge is 2.21. The van der Waals surface area contributed by atoms with Gasteiger partial charge < -0.3 is 10.0 Å². The molecule has 2 N–H and O–H groups in total. The zero-order valence-electron chi connectivity index (χ0n) is 15.1. The molecule has 0 spiro atoms. The van der Waals surface area contributed by atoms with Crippen LogP contribution in [0.2, 0.25) is 5.02 Å². The first-order valence-electron chi connectivity index (χ1n) is 8.55. The van der Waals surface area contributed by atoms with Gasteiger partial charge in [0.15, 0.2) is 0 Å². The lowest BCUT2D eigenvalue weighted by molar-refractivity contribution is 0.0697. The van der Waals surface area contributed by atoms with Crippen molar-refractivity contribution in [2.45, 2.75) is 31.6 Å². The number of nitrogens with zero attached hydrogens (tertiary/aromatic N) is 2. The van der Waals surface area contributed by atoms with E-state index in [0.717, 1.165) is 12.8 Å². The van der Waals surface area contributed by atoms with E-state index in [1.807, 2.05) is 18.7 Å². The smallest absolute Gasteiger partial charge is 0.339 e. The Balaban J connectivity index is 2.38. The summed E-state index contributed by atoms with van der Waals surface area (Å²) in [7, 11) is -3.97. The van der Waals surface area contributed by atoms with Crippen molar-refractivity contribution >= 4 is 39.1 Å². The summed E-state index contributed by atoms with van der Waals surface area (Å²) in [6.45, 7) is 5.23. The van der Waals surface area contributed by atoms with Gasteiger partial charge in [-0.05, 0) is 31.5 Å². The van der Waals surface area contributed by atoms with Crippen molar-refractivity contribution < 1.29 is 18.3 Å². The number of aromatic nitrogens is 1. The number of hydrogen-bond acceptors (Lipinski definition) is 5. The maximum absolute atomic E-state index is 12.5. The van der Waals surface area contributed by atoms with Crippen LogP contribution in [0.4, 0.5) is 11.5 Å². The summed E-state index contributed by atoms with van der Waals surface area (Å²) in [5, 5.41) is 9.63. The number of unbranched alkanes of at least 4 members (excludes halogenated alkanes) is 1. The van der Waals surface area contributed by atoms with Crippen molar-refractivity contribution in [2.75, 3.05) is 22.7 Å². The summed E-state index contributed by atoms with van der Waals surface area (Å²) in [4.78, 5) is 17.7. The molecule has 7 nitrogen and oxygen atoms in total. The van der Waals surface area contributed by atoms with Crippen molar-refractivity contribution in [3.05, 3.63) is 47.1 Å². The largest absolute Gasteiger partial charge is 0.478 e. The first-order valence-corrected chi connectivity index (χ1v) is 10.4. The van der Waals surface area contributed by atoms with E-state index in [0.29, 0.717) is 18.9 Å². The minimum atomic E-state index is -3.97. The lowest BCUT2D eigenvalue weighted by Crippen LogP contribution is -2.27. The highest BCUT2D eigenvalue weighted by Crippen LogP contribution is 2.26. The van der Waals surface area contributed by atoms with Crippen LogP contribution in [-0.4, -0.2) is 37.6 Å². The van der Waals surface area contributed by atoms with Crippen LogP contribution in [0.25, 0.3) is 0 Å². The second-order valence-corrected chi connectivity index (χ2v) is 7.93. The predicted octanol–water partition coefficient (Wildman–Crippen LogP) is 3.86. The van der Waals surface area contributed by atoms with Gasteiger partial charge >= 0.3 is 5.97 Å². The fraction of sp³-hybridized carbons (Fsp3) is 0.333. The molecule has 1 heterocycles. The SMILES string of the molecule is CCCCN(CC)c1ncc(NS(=O)(=O)c2ccccc2Cl)cc1C(=O)O. The molecule has 9 heteroatoms. The number of pyridine rings is 1. The number of rotatable bonds is 9. The minimum Gasteiger partial charge on any atom is -0.478 e. The topological polar surface area (TPSA) is 99.6 Å². The maximum atomic E-state index is 12.5. The second-order valence-electron chi connectivity index (χ2n) is 5.87. The number of carboxylic acids is 1. The predicted molar refractivity (Wildman–Crippen MR) is 106 cm³/mol. The maximum Gasteiger partial charge on any atom is 0.339 e. The van der Waals surface area contributed by atoms with Crippen molar-refractivity contribution in [1.29, 1.82) is 0 Å². The Morgan fingerprint density at radius 1 is 1.30 bits per heavy atom. The van der Waals surface area contributed by atoms with Crippen LogP contribution >= 0.6 is 11.6 Å². The Labute approximate surface area is 164 Å². The van der Waals surface area contributed by atoms with E-state index in [4.69, 9.17) is 11.6 Å². The average molecular weight is 412 g/mol. The normalized spacial score (nSPS) is 11.2. The van der Waals surface area contributed by atoms with Crippen molar-refractivity contribution in [3.8, 4) is 0 Å². The van der Waals surface area contributed by atoms with E-state index in [2.05, 4.69) is 9.71 Å². The molecule has 0 saturated carbocycles. The highest BCUT2D eigenvalue weighted by molar-refractivity contribution is 7.92. The summed E-state index contributed by atoms with van der Waals surface area (Å²) < 4.78 is 27.4. The summed E-state index contributed by atoms with van der Waals surface area (Å²) >= 11 is 5.96. The Hall–Kier alpha value is -2.32. The Morgan fingerprint density at radius 2 is 2.00 bits per heavy atom. The number of sulfonamides is 1. The second kappa shape index (κ2) is 9.05. The van der Waals surface area contributed by atoms with Crippen molar-refractivity contribution in [1.82, 2.24) is 4.98 Å². The van der Waals surface area contributed by atoms with Gasteiger partial charge in [-0.15, -0.1) is 0 Å². The van der Waals surface area contributed by atoms with E-state index in [-0.39, 0.29) is 21.2 Å². The Kier molecular flexibility index (Phi) is 7.04. The van der Waals surface area contributed by atoms with E-state index < -0.39 is 16.0 Å². The first-order chi connectivity index (χ1) is 12.8. The Bertz CT molecular complexity index is 919. The zero-order valence-corrected chi connectivity index (χ0v) is 16.7. The van der Waals surface area contributed by atoms with Gasteiger partial charge in [-0.1, -0.05) is 37.1 Å². The molecule has 1 aromatic carbocycles. The fourth-order valence-electron chi connectivity index (χ4n) is 2.56. The minimum absolute atomic E-state index is 0.0580. The van der Waals surface area contributed by atoms with Crippen LogP contribution < -0.4 is 9.62 Å². The molecular weight excluding hydrogens is 390 g/mol. The van der Waals surface area contributed by atoms with Gasteiger partial charge in [-0.3, -0.25) is 4.72 Å². The first kappa shape index (κ1) is 21.0. The third kappa shape index (κ3) is 5.11. The molecule has 0 amide bonds. The van der Waals surface area contributed by atoms with Gasteiger partial charge in [0.25, 0.3) is 10.0 Å². The molecule has 0 aliphatic heterocycles. The molecule has 0 unspecified atom stereocenters. The summed E-state index contributed by atoms with van der Waals surface area (Å²) in [6, 6.07) is 7.28. The molecule has 1 aromatic heterocycles. The van der Waals surface area contributed by atoms with Gasteiger partial charge in [0.05, 0.1) is 16.9 Å². The number of nitrogens with one attached hydrogen (secondary N) is 1. The molecule has 0 fully saturated rings. The fourth-order valence-corrected chi connectivity index (χ4v) is 4.11. The van der Waals surface area contributed by atoms with E-state index in [1.54, 1.807) is 12.1 Å². The number of halogens is 1. The van der Waals surface area contributed by atoms with Gasteiger partial charge in [0, 0.05) is 13.1 Å². The summed E-state index contributed by atoms with van der Waals surface area (Å²) in [6.07, 6.45) is 3.18. The van der Waals surface area contributed by atoms with Crippen LogP contribution in [0.5, 0.6) is 0 Å². The number of aromatic carboxylic acids is 1. The van der Waals surface area contributed by atoms with Crippen molar-refractivity contribution in [3.63, 3.8) is 0 Å². The zero-order chi connectivity index (χ0) is 20.0. The molecule has 2 aromatic rings. The van der Waals surface area contributed by atoms with E-state index in [1.165, 1.54) is 24.4 Å². The summed E-state index contributed by atoms with van der Waals surface area (Å²) in [5.41, 5.74) is -0.00470. The standard InChI is InChI=1S/C18H22ClN3O4S/c1-3-5-10-22(4-2)17-14(18(23)24)11-13(12-20-17)21-27(25,26)16-9-7-6-8-15(16)19/h6-9,11-12,21H,3-5,10H2,1-2H3,(H,23,24). The number of carboxylic acid groups (broad SMARTS) is 1. The van der Waals surface area contributed by atoms with Crippen LogP contribution in [-0.2, 0) is 10.0 Å². The van der Waals surface area contributed by atoms with Crippen LogP contribution in [0.3, 0.4) is 0 Å². The lowest BCUT2D eigenvalue weighted by Gasteiger charge is -2.23. The lowest BCUT2D eigenvalue weighted by atomic mass is 10.2. The van der Waals surface area contributed by atoms with Crippen molar-refractivity contribution in [2.24, 2.45) is 0 Å². The average Bonchev–Trinajstić information content (AvgIpc) is 2.63. The van der Waals surface area contributed by atoms with Crippen LogP contribution in [0.1, 0.15) is 37.0 Å². The van der Waals surface area contributed by atoms with Gasteiger partial charge in [0.1, 0.15) is 16.3 Å². The van der Waals surface area contributed by atoms with Gasteiger partial charge in [-0.25, -0.2) is 18.2 Å². The molecule has 27 heavy (non-hydrogen) atoms. The van der Waals surface area contributed by atoms with Crippen LogP contribution in [0.15, 0.2) is 41.4 Å². The van der Waals surface area contributed by atoms with Gasteiger partial charge in [-0.2, -0.15) is 0 Å². The number of anilines is 2. The molecule has 146 valence electrons. The molecule has 0 bridgehead atoms. The summed E-state index contributed by atoms with van der Waals surface area (Å²) in [5.74, 6) is -0.856. The third-order valence-corrected chi connectivity index (χ3v) is 5.82. The number of hydrogen-bond donors (Lipinski definition) is 2. The quantitative estimate of drug-likeness (QED) is 0.649. The third-order valence-electron chi connectivity index (χ3n) is 3.94. The molecule has 2 rings (SSSR count). The van der Waals surface area contributed by atoms with E-state index >= 15 is 0 Å². The molecular formula is C18H22ClN3O4S. The Morgan fingerprint density at radius 3 is 2.59 bits per heavy atom. The highest BCUT2D eigenvalue weighted by atomic mass is 35.5. The molecule has 0 aliphatic rings. The molecule has 0 saturated heterocycles. The molecule has 0 atom stereocenters. The van der Waals surface area contributed by atoms with Crippen LogP contribution in [0, 0.1) is 0 Å². The van der Waals surface area contributed by atoms with E-state index in [9.17, 15) is 18.3 Å². The number of benzene rings is 1. The van der Waals surface area contributed by atoms with Gasteiger partial charge in [0.2, 0.25) is 0 Å². The molecule has 0 radical (unpaired) electrons. The number of carbonyl (C=O) groups is 1. The monoisotopic (exact) mass is 411 g/mol.